The number of hydrogen-bond donors (Lipinski definition) is 1. The van der Waals surface area contributed by atoms with Gasteiger partial charge in [0.25, 0.3) is 0 Å². The average molecular weight is 301 g/mol. The van der Waals surface area contributed by atoms with Gasteiger partial charge in [-0.1, -0.05) is 18.6 Å². The van der Waals surface area contributed by atoms with Crippen LogP contribution in [0.15, 0.2) is 24.3 Å². The summed E-state index contributed by atoms with van der Waals surface area (Å²) in [5.41, 5.74) is 10.1. The van der Waals surface area contributed by atoms with Crippen LogP contribution in [0.25, 0.3) is 5.69 Å². The van der Waals surface area contributed by atoms with E-state index < -0.39 is 0 Å². The molecule has 1 heterocycles. The van der Waals surface area contributed by atoms with Gasteiger partial charge in [-0.15, -0.1) is 5.10 Å². The number of unbranched alkanes of at least 4 members (excludes halogenated alkanes) is 1. The molecule has 0 aliphatic carbocycles. The van der Waals surface area contributed by atoms with E-state index in [2.05, 4.69) is 60.2 Å². The van der Waals surface area contributed by atoms with Crippen LogP contribution in [-0.4, -0.2) is 28.1 Å². The molecule has 0 bridgehead atoms. The van der Waals surface area contributed by atoms with Gasteiger partial charge in [0.15, 0.2) is 0 Å². The minimum absolute atomic E-state index is 0.441. The largest absolute Gasteiger partial charge is 0.372 e. The fourth-order valence-corrected chi connectivity index (χ4v) is 2.69. The molecular weight excluding hydrogens is 274 g/mol. The van der Waals surface area contributed by atoms with E-state index in [1.54, 1.807) is 0 Å². The Labute approximate surface area is 133 Å². The molecular formula is C17H27N5. The van der Waals surface area contributed by atoms with Crippen LogP contribution in [0.5, 0.6) is 0 Å². The Bertz CT molecular complexity index is 569. The first-order valence-corrected chi connectivity index (χ1v) is 8.23. The van der Waals surface area contributed by atoms with Crippen LogP contribution < -0.4 is 10.6 Å². The van der Waals surface area contributed by atoms with Crippen LogP contribution in [0.4, 0.5) is 5.69 Å². The van der Waals surface area contributed by atoms with Gasteiger partial charge in [0, 0.05) is 25.3 Å². The molecule has 0 spiro atoms. The normalized spacial score (nSPS) is 10.9. The van der Waals surface area contributed by atoms with Gasteiger partial charge in [-0.25, -0.2) is 4.68 Å². The van der Waals surface area contributed by atoms with Crippen molar-refractivity contribution in [3.63, 3.8) is 0 Å². The summed E-state index contributed by atoms with van der Waals surface area (Å²) in [5.74, 6) is 0. The quantitative estimate of drug-likeness (QED) is 0.814. The van der Waals surface area contributed by atoms with Crippen LogP contribution >= 0.6 is 0 Å². The zero-order chi connectivity index (χ0) is 15.9. The Hall–Kier alpha value is -1.88. The van der Waals surface area contributed by atoms with Crippen molar-refractivity contribution >= 4 is 5.69 Å². The van der Waals surface area contributed by atoms with Crippen LogP contribution in [-0.2, 0) is 13.0 Å². The summed E-state index contributed by atoms with van der Waals surface area (Å²) in [6, 6.07) is 8.52. The van der Waals surface area contributed by atoms with Gasteiger partial charge in [0.1, 0.15) is 0 Å². The second-order valence-corrected chi connectivity index (χ2v) is 5.39. The van der Waals surface area contributed by atoms with Gasteiger partial charge >= 0.3 is 0 Å². The van der Waals surface area contributed by atoms with Crippen LogP contribution in [0, 0.1) is 0 Å². The van der Waals surface area contributed by atoms with E-state index >= 15 is 0 Å². The van der Waals surface area contributed by atoms with Crippen molar-refractivity contribution in [3.8, 4) is 5.69 Å². The fourth-order valence-electron chi connectivity index (χ4n) is 2.69. The van der Waals surface area contributed by atoms with Gasteiger partial charge in [0.2, 0.25) is 0 Å². The lowest BCUT2D eigenvalue weighted by Crippen LogP contribution is -2.21. The molecule has 0 amide bonds. The van der Waals surface area contributed by atoms with Crippen molar-refractivity contribution in [2.75, 3.05) is 18.0 Å². The lowest BCUT2D eigenvalue weighted by molar-refractivity contribution is 0.714. The average Bonchev–Trinajstić information content (AvgIpc) is 2.97. The molecule has 0 radical (unpaired) electrons. The second-order valence-electron chi connectivity index (χ2n) is 5.39. The van der Waals surface area contributed by atoms with Crippen LogP contribution in [0.1, 0.15) is 45.0 Å². The standard InChI is InChI=1S/C17H27N5/c1-4-7-8-17-16(13-18)19-20-22(17)15-11-9-14(10-12-15)21(5-2)6-3/h9-12H,4-8,13,18H2,1-3H3. The lowest BCUT2D eigenvalue weighted by Gasteiger charge is -2.21. The zero-order valence-corrected chi connectivity index (χ0v) is 13.9. The van der Waals surface area contributed by atoms with Gasteiger partial charge < -0.3 is 10.6 Å². The summed E-state index contributed by atoms with van der Waals surface area (Å²) < 4.78 is 1.93. The highest BCUT2D eigenvalue weighted by Gasteiger charge is 2.13. The molecule has 2 rings (SSSR count). The van der Waals surface area contributed by atoms with Crippen molar-refractivity contribution in [2.24, 2.45) is 5.73 Å². The van der Waals surface area contributed by atoms with E-state index in [0.29, 0.717) is 6.54 Å². The van der Waals surface area contributed by atoms with Crippen molar-refractivity contribution < 1.29 is 0 Å². The number of benzene rings is 1. The molecule has 5 heteroatoms. The van der Waals surface area contributed by atoms with Gasteiger partial charge in [-0.05, 0) is 51.0 Å². The Morgan fingerprint density at radius 1 is 1.09 bits per heavy atom. The minimum Gasteiger partial charge on any atom is -0.372 e. The third kappa shape index (κ3) is 3.47. The topological polar surface area (TPSA) is 60.0 Å². The van der Waals surface area contributed by atoms with E-state index in [9.17, 15) is 0 Å². The number of nitrogens with zero attached hydrogens (tertiary/aromatic N) is 4. The Kier molecular flexibility index (Phi) is 5.95. The van der Waals surface area contributed by atoms with Gasteiger partial charge in [-0.2, -0.15) is 0 Å². The maximum atomic E-state index is 5.79. The van der Waals surface area contributed by atoms with E-state index in [0.717, 1.165) is 49.4 Å². The highest BCUT2D eigenvalue weighted by Crippen LogP contribution is 2.20. The SMILES string of the molecule is CCCCc1c(CN)nnn1-c1ccc(N(CC)CC)cc1. The van der Waals surface area contributed by atoms with Gasteiger partial charge in [-0.3, -0.25) is 0 Å². The summed E-state index contributed by atoms with van der Waals surface area (Å²) in [6.07, 6.45) is 3.24. The molecule has 0 atom stereocenters. The number of anilines is 1. The predicted molar refractivity (Wildman–Crippen MR) is 91.4 cm³/mol. The highest BCUT2D eigenvalue weighted by molar-refractivity contribution is 5.51. The smallest absolute Gasteiger partial charge is 0.0999 e. The third-order valence-electron chi connectivity index (χ3n) is 4.03. The maximum absolute atomic E-state index is 5.79. The van der Waals surface area contributed by atoms with Crippen molar-refractivity contribution in [1.29, 1.82) is 0 Å². The molecule has 0 aliphatic rings. The number of aromatic nitrogens is 3. The first-order valence-electron chi connectivity index (χ1n) is 8.23. The van der Waals surface area contributed by atoms with E-state index in [-0.39, 0.29) is 0 Å². The summed E-state index contributed by atoms with van der Waals surface area (Å²) >= 11 is 0. The van der Waals surface area contributed by atoms with Crippen LogP contribution in [0.2, 0.25) is 0 Å². The van der Waals surface area contributed by atoms with Crippen molar-refractivity contribution in [2.45, 2.75) is 46.6 Å². The molecule has 0 saturated carbocycles. The molecule has 22 heavy (non-hydrogen) atoms. The molecule has 2 N–H and O–H groups in total. The summed E-state index contributed by atoms with van der Waals surface area (Å²) in [7, 11) is 0. The molecule has 0 aliphatic heterocycles. The first-order chi connectivity index (χ1) is 10.7. The Morgan fingerprint density at radius 2 is 1.77 bits per heavy atom. The van der Waals surface area contributed by atoms with E-state index in [1.165, 1.54) is 5.69 Å². The highest BCUT2D eigenvalue weighted by atomic mass is 15.4. The van der Waals surface area contributed by atoms with E-state index in [4.69, 9.17) is 5.73 Å². The molecule has 2 aromatic rings. The third-order valence-corrected chi connectivity index (χ3v) is 4.03. The molecule has 120 valence electrons. The summed E-state index contributed by atoms with van der Waals surface area (Å²) in [6.45, 7) is 9.00. The monoisotopic (exact) mass is 301 g/mol. The first kappa shape index (κ1) is 16.5. The van der Waals surface area contributed by atoms with Gasteiger partial charge in [0.05, 0.1) is 17.1 Å². The molecule has 0 unspecified atom stereocenters. The lowest BCUT2D eigenvalue weighted by atomic mass is 10.1. The van der Waals surface area contributed by atoms with Crippen molar-refractivity contribution in [3.05, 3.63) is 35.7 Å². The van der Waals surface area contributed by atoms with Crippen LogP contribution in [0.3, 0.4) is 0 Å². The predicted octanol–water partition coefficient (Wildman–Crippen LogP) is 2.91. The Balaban J connectivity index is 2.29. The molecule has 5 nitrogen and oxygen atoms in total. The summed E-state index contributed by atoms with van der Waals surface area (Å²) in [5, 5.41) is 8.53. The van der Waals surface area contributed by atoms with E-state index in [1.807, 2.05) is 4.68 Å². The maximum Gasteiger partial charge on any atom is 0.0999 e. The number of rotatable bonds is 8. The Morgan fingerprint density at radius 3 is 2.32 bits per heavy atom. The zero-order valence-electron chi connectivity index (χ0n) is 13.9. The summed E-state index contributed by atoms with van der Waals surface area (Å²) in [4.78, 5) is 2.33. The number of nitrogens with two attached hydrogens (primary N) is 1. The fraction of sp³-hybridized carbons (Fsp3) is 0.529. The second kappa shape index (κ2) is 7.94. The number of hydrogen-bond acceptors (Lipinski definition) is 4. The molecule has 0 saturated heterocycles. The molecule has 1 aromatic heterocycles. The molecule has 1 aromatic carbocycles. The minimum atomic E-state index is 0.441. The van der Waals surface area contributed by atoms with Crippen molar-refractivity contribution in [1.82, 2.24) is 15.0 Å². The molecule has 0 fully saturated rings.